The van der Waals surface area contributed by atoms with Gasteiger partial charge in [0.1, 0.15) is 23.7 Å². The van der Waals surface area contributed by atoms with Gasteiger partial charge in [0.05, 0.1) is 29.4 Å². The van der Waals surface area contributed by atoms with E-state index < -0.39 is 47.5 Å². The summed E-state index contributed by atoms with van der Waals surface area (Å²) < 4.78 is 24.1. The third-order valence-corrected chi connectivity index (χ3v) is 6.53. The van der Waals surface area contributed by atoms with Crippen molar-refractivity contribution in [2.75, 3.05) is 13.2 Å². The summed E-state index contributed by atoms with van der Waals surface area (Å²) in [4.78, 5) is 45.9. The molecule has 2 aromatic carbocycles. The molecule has 3 atom stereocenters. The number of carbonyl (C=O) groups is 3. The maximum absolute atomic E-state index is 13.9. The Labute approximate surface area is 237 Å². The number of nitrogens with zero attached hydrogens (tertiary/aromatic N) is 2. The predicted molar refractivity (Wildman–Crippen MR) is 149 cm³/mol. The molecule has 1 heterocycles. The molecule has 0 aliphatic heterocycles. The Morgan fingerprint density at radius 2 is 1.85 bits per heavy atom. The first-order valence-electron chi connectivity index (χ1n) is 13.3. The van der Waals surface area contributed by atoms with E-state index in [-0.39, 0.29) is 44.5 Å². The van der Waals surface area contributed by atoms with Gasteiger partial charge in [-0.25, -0.2) is 14.2 Å². The second-order valence-electron chi connectivity index (χ2n) is 10.3. The highest BCUT2D eigenvalue weighted by Gasteiger charge is 2.31. The van der Waals surface area contributed by atoms with E-state index >= 15 is 0 Å². The van der Waals surface area contributed by atoms with Gasteiger partial charge in [-0.1, -0.05) is 24.3 Å². The number of amides is 2. The smallest absolute Gasteiger partial charge is 0.433 e. The Hall–Kier alpha value is -4.16. The number of halogens is 1. The van der Waals surface area contributed by atoms with Crippen molar-refractivity contribution in [3.05, 3.63) is 71.8 Å². The van der Waals surface area contributed by atoms with E-state index in [1.54, 1.807) is 44.2 Å². The quantitative estimate of drug-likeness (QED) is 0.212. The summed E-state index contributed by atoms with van der Waals surface area (Å²) in [5.41, 5.74) is 11.7. The number of aliphatic hydroxyl groups is 1. The lowest BCUT2D eigenvalue weighted by molar-refractivity contribution is -0.123. The fourth-order valence-electron chi connectivity index (χ4n) is 4.31. The Balaban J connectivity index is 1.74. The Bertz CT molecular complexity index is 1350. The van der Waals surface area contributed by atoms with E-state index in [0.717, 1.165) is 0 Å². The number of primary amides is 1. The highest BCUT2D eigenvalue weighted by molar-refractivity contribution is 5.94. The van der Waals surface area contributed by atoms with E-state index in [4.69, 9.17) is 20.9 Å². The van der Waals surface area contributed by atoms with E-state index in [1.165, 1.54) is 24.4 Å². The molecule has 12 heteroatoms. The maximum atomic E-state index is 13.9. The van der Waals surface area contributed by atoms with Crippen LogP contribution in [0.1, 0.15) is 49.2 Å². The number of nitrogens with two attached hydrogens (primary N) is 2. The van der Waals surface area contributed by atoms with Gasteiger partial charge >= 0.3 is 6.16 Å². The van der Waals surface area contributed by atoms with Crippen molar-refractivity contribution in [2.24, 2.45) is 17.4 Å². The van der Waals surface area contributed by atoms with Crippen molar-refractivity contribution in [3.8, 4) is 0 Å². The van der Waals surface area contributed by atoms with Crippen LogP contribution in [0.25, 0.3) is 11.0 Å². The van der Waals surface area contributed by atoms with Crippen LogP contribution in [0.3, 0.4) is 0 Å². The number of nitrogens with one attached hydrogen (secondary N) is 1. The molecular formula is C29H36FN5O6. The summed E-state index contributed by atoms with van der Waals surface area (Å²) in [6.45, 7) is 3.47. The number of ether oxygens (including phenoxy) is 2. The lowest BCUT2D eigenvalue weighted by atomic mass is 9.87. The van der Waals surface area contributed by atoms with Crippen molar-refractivity contribution in [3.63, 3.8) is 0 Å². The van der Waals surface area contributed by atoms with Gasteiger partial charge in [-0.05, 0) is 69.4 Å². The van der Waals surface area contributed by atoms with Gasteiger partial charge in [0, 0.05) is 12.5 Å². The van der Waals surface area contributed by atoms with Crippen molar-refractivity contribution in [2.45, 2.75) is 57.3 Å². The highest BCUT2D eigenvalue weighted by Crippen LogP contribution is 2.25. The molecule has 6 N–H and O–H groups in total. The van der Waals surface area contributed by atoms with E-state index in [9.17, 15) is 23.9 Å². The van der Waals surface area contributed by atoms with Crippen LogP contribution in [0, 0.1) is 11.7 Å². The van der Waals surface area contributed by atoms with Crippen LogP contribution >= 0.6 is 0 Å². The molecule has 2 amide bonds. The second kappa shape index (κ2) is 14.5. The number of benzene rings is 2. The molecular weight excluding hydrogens is 533 g/mol. The minimum absolute atomic E-state index is 0.00816. The van der Waals surface area contributed by atoms with Crippen molar-refractivity contribution in [1.29, 1.82) is 0 Å². The SMILES string of the molecule is CC(C)(CC[C@H](C[C@H](O)[C@H](Cc1cccc(F)c1)NC(=O)c1cnc2ccccc2n1)C(N)=O)OC(=O)OCCN. The van der Waals surface area contributed by atoms with Crippen LogP contribution in [0.15, 0.2) is 54.7 Å². The first-order valence-corrected chi connectivity index (χ1v) is 13.3. The minimum atomic E-state index is -1.24. The fourth-order valence-corrected chi connectivity index (χ4v) is 4.31. The number of hydrogen-bond donors (Lipinski definition) is 4. The van der Waals surface area contributed by atoms with Gasteiger partial charge in [0.2, 0.25) is 5.91 Å². The van der Waals surface area contributed by atoms with Gasteiger partial charge in [0.15, 0.2) is 0 Å². The first-order chi connectivity index (χ1) is 19.5. The molecule has 11 nitrogen and oxygen atoms in total. The van der Waals surface area contributed by atoms with E-state index in [2.05, 4.69) is 15.3 Å². The zero-order valence-corrected chi connectivity index (χ0v) is 23.1. The molecule has 0 fully saturated rings. The lowest BCUT2D eigenvalue weighted by Crippen LogP contribution is -2.46. The molecule has 0 unspecified atom stereocenters. The van der Waals surface area contributed by atoms with Crippen LogP contribution in [0.5, 0.6) is 0 Å². The van der Waals surface area contributed by atoms with Crippen LogP contribution in [-0.4, -0.2) is 63.9 Å². The van der Waals surface area contributed by atoms with Gasteiger partial charge in [-0.15, -0.1) is 0 Å². The monoisotopic (exact) mass is 569 g/mol. The van der Waals surface area contributed by atoms with Crippen LogP contribution in [-0.2, 0) is 20.7 Å². The number of aromatic nitrogens is 2. The van der Waals surface area contributed by atoms with E-state index in [0.29, 0.717) is 16.6 Å². The molecule has 0 spiro atoms. The highest BCUT2D eigenvalue weighted by atomic mass is 19.1. The molecule has 3 aromatic rings. The maximum Gasteiger partial charge on any atom is 0.508 e. The molecule has 1 aromatic heterocycles. The molecule has 0 saturated carbocycles. The average molecular weight is 570 g/mol. The zero-order valence-electron chi connectivity index (χ0n) is 23.1. The summed E-state index contributed by atoms with van der Waals surface area (Å²) in [5, 5.41) is 14.0. The molecule has 0 bridgehead atoms. The number of rotatable bonds is 14. The number of hydrogen-bond acceptors (Lipinski definition) is 9. The van der Waals surface area contributed by atoms with Crippen molar-refractivity contribution >= 4 is 29.0 Å². The lowest BCUT2D eigenvalue weighted by Gasteiger charge is -2.29. The second-order valence-corrected chi connectivity index (χ2v) is 10.3. The van der Waals surface area contributed by atoms with Gasteiger partial charge in [0.25, 0.3) is 5.91 Å². The van der Waals surface area contributed by atoms with Crippen LogP contribution in [0.4, 0.5) is 9.18 Å². The summed E-state index contributed by atoms with van der Waals surface area (Å²) in [5.74, 6) is -2.54. The topological polar surface area (TPSA) is 180 Å². The van der Waals surface area contributed by atoms with Crippen molar-refractivity contribution < 1.29 is 33.4 Å². The van der Waals surface area contributed by atoms with Crippen LogP contribution < -0.4 is 16.8 Å². The third kappa shape index (κ3) is 9.76. The Kier molecular flexibility index (Phi) is 11.1. The Morgan fingerprint density at radius 3 is 2.54 bits per heavy atom. The third-order valence-electron chi connectivity index (χ3n) is 6.53. The molecule has 220 valence electrons. The summed E-state index contributed by atoms with van der Waals surface area (Å²) in [6, 6.07) is 11.9. The number of carbonyl (C=O) groups excluding carboxylic acids is 3. The average Bonchev–Trinajstić information content (AvgIpc) is 2.93. The Morgan fingerprint density at radius 1 is 1.12 bits per heavy atom. The summed E-state index contributed by atoms with van der Waals surface area (Å²) >= 11 is 0. The summed E-state index contributed by atoms with van der Waals surface area (Å²) in [7, 11) is 0. The minimum Gasteiger partial charge on any atom is -0.433 e. The number of aliphatic hydroxyl groups excluding tert-OH is 1. The van der Waals surface area contributed by atoms with Gasteiger partial charge < -0.3 is 31.4 Å². The van der Waals surface area contributed by atoms with Crippen molar-refractivity contribution in [1.82, 2.24) is 15.3 Å². The number of para-hydroxylation sites is 2. The summed E-state index contributed by atoms with van der Waals surface area (Å²) in [6.07, 6.45) is -0.418. The molecule has 0 aliphatic rings. The van der Waals surface area contributed by atoms with Gasteiger partial charge in [-0.2, -0.15) is 0 Å². The van der Waals surface area contributed by atoms with E-state index in [1.807, 2.05) is 0 Å². The molecule has 3 rings (SSSR count). The molecule has 0 radical (unpaired) electrons. The molecule has 0 aliphatic carbocycles. The largest absolute Gasteiger partial charge is 0.508 e. The van der Waals surface area contributed by atoms with Gasteiger partial charge in [-0.3, -0.25) is 14.6 Å². The number of fused-ring (bicyclic) bond motifs is 1. The fraction of sp³-hybridized carbons (Fsp3) is 0.414. The molecule has 41 heavy (non-hydrogen) atoms. The first kappa shape index (κ1) is 31.4. The van der Waals surface area contributed by atoms with Crippen LogP contribution in [0.2, 0.25) is 0 Å². The normalized spacial score (nSPS) is 13.7. The predicted octanol–water partition coefficient (Wildman–Crippen LogP) is 2.63. The zero-order chi connectivity index (χ0) is 30.0. The standard InChI is InChI=1S/C29H36FN5O6/c1-29(2,41-28(39)40-13-12-31)11-10-19(26(32)37)16-25(36)23(15-18-6-5-7-20(30)14-18)35-27(38)24-17-33-21-8-3-4-9-22(21)34-24/h3-9,14,17,19,23,25,36H,10-13,15-16,31H2,1-2H3,(H2,32,37)(H,35,38)/t19-,23+,25+/m1/s1. The molecule has 0 saturated heterocycles.